The van der Waals surface area contributed by atoms with Gasteiger partial charge in [-0.2, -0.15) is 5.10 Å². The number of carbonyl (C=O) groups excluding carboxylic acids is 2. The molecule has 6 heteroatoms. The molecule has 1 aromatic heterocycles. The van der Waals surface area contributed by atoms with Crippen molar-refractivity contribution in [3.8, 4) is 0 Å². The quantitative estimate of drug-likeness (QED) is 0.770. The van der Waals surface area contributed by atoms with Crippen molar-refractivity contribution < 1.29 is 14.3 Å². The molecule has 0 spiro atoms. The van der Waals surface area contributed by atoms with E-state index in [-0.39, 0.29) is 18.4 Å². The minimum absolute atomic E-state index is 0.0941. The predicted molar refractivity (Wildman–Crippen MR) is 65.9 cm³/mol. The molecule has 0 aliphatic rings. The molecule has 0 radical (unpaired) electrons. The van der Waals surface area contributed by atoms with E-state index in [1.165, 1.54) is 6.20 Å². The van der Waals surface area contributed by atoms with E-state index in [1.807, 2.05) is 13.8 Å². The van der Waals surface area contributed by atoms with Crippen LogP contribution in [0.25, 0.3) is 0 Å². The van der Waals surface area contributed by atoms with Gasteiger partial charge in [0.05, 0.1) is 6.61 Å². The number of carbonyl (C=O) groups is 2. The van der Waals surface area contributed by atoms with Crippen LogP contribution in [0.1, 0.15) is 38.2 Å². The van der Waals surface area contributed by atoms with Crippen molar-refractivity contribution in [1.29, 1.82) is 0 Å². The maximum atomic E-state index is 11.9. The number of H-pyrrole nitrogens is 1. The van der Waals surface area contributed by atoms with Crippen LogP contribution < -0.4 is 5.32 Å². The predicted octanol–water partition coefficient (Wildman–Crippen LogP) is 1.12. The Labute approximate surface area is 106 Å². The Hall–Kier alpha value is -1.85. The molecule has 0 saturated heterocycles. The number of nitrogens with one attached hydrogen (secondary N) is 2. The molecule has 1 heterocycles. The van der Waals surface area contributed by atoms with Crippen LogP contribution in [-0.2, 0) is 9.53 Å². The van der Waals surface area contributed by atoms with Crippen LogP contribution in [0.5, 0.6) is 0 Å². The summed E-state index contributed by atoms with van der Waals surface area (Å²) in [6, 6.07) is 1.54. The Morgan fingerprint density at radius 1 is 1.56 bits per heavy atom. The van der Waals surface area contributed by atoms with Gasteiger partial charge >= 0.3 is 5.97 Å². The zero-order chi connectivity index (χ0) is 13.8. The fourth-order valence-electron chi connectivity index (χ4n) is 1.40. The minimum atomic E-state index is -1.06. The van der Waals surface area contributed by atoms with E-state index in [2.05, 4.69) is 15.5 Å². The van der Waals surface area contributed by atoms with E-state index < -0.39 is 11.5 Å². The number of ether oxygens (including phenoxy) is 1. The molecule has 0 aromatic carbocycles. The first-order valence-corrected chi connectivity index (χ1v) is 5.91. The molecule has 0 aliphatic heterocycles. The summed E-state index contributed by atoms with van der Waals surface area (Å²) in [4.78, 5) is 23.9. The second kappa shape index (κ2) is 5.66. The van der Waals surface area contributed by atoms with Crippen LogP contribution >= 0.6 is 0 Å². The Bertz CT molecular complexity index is 414. The lowest BCUT2D eigenvalue weighted by Crippen LogP contribution is -2.56. The van der Waals surface area contributed by atoms with Gasteiger partial charge in [-0.05, 0) is 25.8 Å². The third-order valence-corrected chi connectivity index (χ3v) is 2.97. The zero-order valence-corrected chi connectivity index (χ0v) is 11.1. The molecule has 0 fully saturated rings. The molecule has 1 aromatic rings. The summed E-state index contributed by atoms with van der Waals surface area (Å²) in [7, 11) is 0. The highest BCUT2D eigenvalue weighted by atomic mass is 16.5. The fraction of sp³-hybridized carbons (Fsp3) is 0.583. The number of aromatic nitrogens is 2. The molecule has 0 bridgehead atoms. The third kappa shape index (κ3) is 2.88. The Kier molecular flexibility index (Phi) is 4.47. The van der Waals surface area contributed by atoms with E-state index in [1.54, 1.807) is 19.9 Å². The highest BCUT2D eigenvalue weighted by Gasteiger charge is 2.40. The van der Waals surface area contributed by atoms with Crippen LogP contribution in [0.15, 0.2) is 12.3 Å². The van der Waals surface area contributed by atoms with Crippen LogP contribution in [0.3, 0.4) is 0 Å². The van der Waals surface area contributed by atoms with E-state index >= 15 is 0 Å². The number of amides is 1. The smallest absolute Gasteiger partial charge is 0.331 e. The molecular weight excluding hydrogens is 234 g/mol. The number of aromatic amines is 1. The topological polar surface area (TPSA) is 84.1 Å². The van der Waals surface area contributed by atoms with E-state index in [0.717, 1.165) is 0 Å². The molecule has 6 nitrogen and oxygen atoms in total. The maximum absolute atomic E-state index is 11.9. The summed E-state index contributed by atoms with van der Waals surface area (Å²) in [6.07, 6.45) is 1.48. The molecule has 18 heavy (non-hydrogen) atoms. The van der Waals surface area contributed by atoms with Gasteiger partial charge in [0.25, 0.3) is 5.91 Å². The van der Waals surface area contributed by atoms with Crippen molar-refractivity contribution in [3.05, 3.63) is 18.0 Å². The lowest BCUT2D eigenvalue weighted by molar-refractivity contribution is -0.152. The van der Waals surface area contributed by atoms with Crippen LogP contribution in [0.4, 0.5) is 0 Å². The van der Waals surface area contributed by atoms with Crippen molar-refractivity contribution >= 4 is 11.9 Å². The van der Waals surface area contributed by atoms with Gasteiger partial charge < -0.3 is 10.1 Å². The largest absolute Gasteiger partial charge is 0.464 e. The van der Waals surface area contributed by atoms with Gasteiger partial charge in [-0.3, -0.25) is 9.89 Å². The van der Waals surface area contributed by atoms with Gasteiger partial charge in [0.2, 0.25) is 0 Å². The van der Waals surface area contributed by atoms with Gasteiger partial charge in [-0.15, -0.1) is 0 Å². The number of hydrogen-bond donors (Lipinski definition) is 2. The van der Waals surface area contributed by atoms with Crippen LogP contribution in [0, 0.1) is 5.92 Å². The molecule has 2 N–H and O–H groups in total. The average Bonchev–Trinajstić information content (AvgIpc) is 2.82. The van der Waals surface area contributed by atoms with Crippen molar-refractivity contribution in [2.45, 2.75) is 33.2 Å². The summed E-state index contributed by atoms with van der Waals surface area (Å²) in [5.74, 6) is -0.909. The number of esters is 1. The first-order valence-electron chi connectivity index (χ1n) is 5.91. The van der Waals surface area contributed by atoms with Gasteiger partial charge in [-0.25, -0.2) is 4.79 Å². The van der Waals surface area contributed by atoms with Crippen LogP contribution in [-0.4, -0.2) is 34.2 Å². The van der Waals surface area contributed by atoms with Gasteiger partial charge in [0, 0.05) is 6.20 Å². The highest BCUT2D eigenvalue weighted by molar-refractivity contribution is 5.96. The van der Waals surface area contributed by atoms with E-state index in [9.17, 15) is 9.59 Å². The normalized spacial score (nSPS) is 14.1. The number of rotatable bonds is 5. The molecule has 1 rings (SSSR count). The number of nitrogens with zero attached hydrogens (tertiary/aromatic N) is 1. The van der Waals surface area contributed by atoms with E-state index in [0.29, 0.717) is 5.69 Å². The summed E-state index contributed by atoms with van der Waals surface area (Å²) < 4.78 is 5.01. The third-order valence-electron chi connectivity index (χ3n) is 2.97. The summed E-state index contributed by atoms with van der Waals surface area (Å²) in [5, 5.41) is 8.95. The first kappa shape index (κ1) is 14.2. The Balaban J connectivity index is 2.86. The Morgan fingerprint density at radius 3 is 2.67 bits per heavy atom. The summed E-state index contributed by atoms with van der Waals surface area (Å²) in [5.41, 5.74) is -0.746. The lowest BCUT2D eigenvalue weighted by atomic mass is 9.88. The second-order valence-corrected chi connectivity index (χ2v) is 4.50. The highest BCUT2D eigenvalue weighted by Crippen LogP contribution is 2.19. The molecule has 1 amide bonds. The standard InChI is InChI=1S/C12H19N3O3/c1-5-18-11(17)12(4,8(2)3)14-10(16)9-6-7-13-15-9/h6-8H,5H2,1-4H3,(H,13,15)(H,14,16)/t12-/m0/s1. The van der Waals surface area contributed by atoms with Crippen molar-refractivity contribution in [3.63, 3.8) is 0 Å². The number of hydrogen-bond acceptors (Lipinski definition) is 4. The zero-order valence-electron chi connectivity index (χ0n) is 11.1. The average molecular weight is 253 g/mol. The van der Waals surface area contributed by atoms with Gasteiger partial charge in [0.1, 0.15) is 11.2 Å². The summed E-state index contributed by atoms with van der Waals surface area (Å²) in [6.45, 7) is 7.37. The first-order chi connectivity index (χ1) is 8.41. The van der Waals surface area contributed by atoms with Crippen LogP contribution in [0.2, 0.25) is 0 Å². The molecule has 100 valence electrons. The van der Waals surface area contributed by atoms with Gasteiger partial charge in [-0.1, -0.05) is 13.8 Å². The SMILES string of the molecule is CCOC(=O)[C@@](C)(NC(=O)c1ccn[nH]1)C(C)C. The van der Waals surface area contributed by atoms with Crippen molar-refractivity contribution in [2.75, 3.05) is 6.61 Å². The molecular formula is C12H19N3O3. The lowest BCUT2D eigenvalue weighted by Gasteiger charge is -2.31. The van der Waals surface area contributed by atoms with E-state index in [4.69, 9.17) is 4.74 Å². The monoisotopic (exact) mass is 253 g/mol. The minimum Gasteiger partial charge on any atom is -0.464 e. The van der Waals surface area contributed by atoms with Gasteiger partial charge in [0.15, 0.2) is 0 Å². The summed E-state index contributed by atoms with van der Waals surface area (Å²) >= 11 is 0. The Morgan fingerprint density at radius 2 is 2.22 bits per heavy atom. The maximum Gasteiger partial charge on any atom is 0.331 e. The second-order valence-electron chi connectivity index (χ2n) is 4.50. The molecule has 0 unspecified atom stereocenters. The van der Waals surface area contributed by atoms with Crippen molar-refractivity contribution in [1.82, 2.24) is 15.5 Å². The molecule has 0 saturated carbocycles. The molecule has 0 aliphatic carbocycles. The molecule has 1 atom stereocenters. The fourth-order valence-corrected chi connectivity index (χ4v) is 1.40. The van der Waals surface area contributed by atoms with Crippen molar-refractivity contribution in [2.24, 2.45) is 5.92 Å².